The van der Waals surface area contributed by atoms with Gasteiger partial charge in [0.05, 0.1) is 0 Å². The van der Waals surface area contributed by atoms with Crippen LogP contribution in [0.25, 0.3) is 0 Å². The second-order valence-electron chi connectivity index (χ2n) is 11.5. The Morgan fingerprint density at radius 1 is 0.744 bits per heavy atom. The van der Waals surface area contributed by atoms with Gasteiger partial charge in [-0.05, 0) is 43.0 Å². The van der Waals surface area contributed by atoms with Crippen molar-refractivity contribution in [1.29, 1.82) is 0 Å². The van der Waals surface area contributed by atoms with Gasteiger partial charge in [-0.2, -0.15) is 0 Å². The Hall–Kier alpha value is -4.91. The molecule has 0 aromatic heterocycles. The van der Waals surface area contributed by atoms with Gasteiger partial charge in [-0.25, -0.2) is 9.59 Å². The Balaban J connectivity index is 1.51. The van der Waals surface area contributed by atoms with Crippen molar-refractivity contribution in [2.24, 2.45) is 0 Å². The maximum Gasteiger partial charge on any atom is 0.412 e. The average Bonchev–Trinajstić information content (AvgIpc) is 3.39. The molecule has 220 valence electrons. The first-order chi connectivity index (χ1) is 20.7. The van der Waals surface area contributed by atoms with Gasteiger partial charge in [0.1, 0.15) is 23.7 Å². The highest BCUT2D eigenvalue weighted by Crippen LogP contribution is 2.47. The highest BCUT2D eigenvalue weighted by molar-refractivity contribution is 5.95. The van der Waals surface area contributed by atoms with Crippen LogP contribution in [0.1, 0.15) is 55.2 Å². The fraction of sp³-hybridized carbons (Fsp3) is 0.250. The number of hydrogen-bond acceptors (Lipinski definition) is 5. The van der Waals surface area contributed by atoms with Crippen LogP contribution >= 0.6 is 0 Å². The largest absolute Gasteiger partial charge is 0.459 e. The number of nitrogens with one attached hydrogen (secondary N) is 1. The molecule has 7 heteroatoms. The predicted molar refractivity (Wildman–Crippen MR) is 164 cm³/mol. The van der Waals surface area contributed by atoms with E-state index in [1.54, 1.807) is 20.8 Å². The Labute approximate surface area is 252 Å². The smallest absolute Gasteiger partial charge is 0.412 e. The Kier molecular flexibility index (Phi) is 8.62. The molecule has 1 fully saturated rings. The van der Waals surface area contributed by atoms with E-state index in [-0.39, 0.29) is 13.0 Å². The van der Waals surface area contributed by atoms with E-state index in [4.69, 9.17) is 9.47 Å². The number of amides is 2. The van der Waals surface area contributed by atoms with Crippen molar-refractivity contribution in [2.45, 2.75) is 57.0 Å². The molecule has 1 saturated heterocycles. The van der Waals surface area contributed by atoms with Gasteiger partial charge in [-0.1, -0.05) is 121 Å². The molecule has 4 aromatic rings. The summed E-state index contributed by atoms with van der Waals surface area (Å²) in [4.78, 5) is 43.1. The number of ether oxygens (including phenoxy) is 2. The number of carbonyl (C=O) groups excluding carboxylic acids is 3. The number of esters is 1. The molecule has 43 heavy (non-hydrogen) atoms. The minimum atomic E-state index is -1.44. The molecule has 3 atom stereocenters. The number of benzene rings is 4. The molecular weight excluding hydrogens is 540 g/mol. The van der Waals surface area contributed by atoms with Gasteiger partial charge in [0.15, 0.2) is 6.10 Å². The molecule has 5 rings (SSSR count). The van der Waals surface area contributed by atoms with Crippen molar-refractivity contribution < 1.29 is 23.9 Å². The molecule has 1 heterocycles. The second kappa shape index (κ2) is 12.5. The third kappa shape index (κ3) is 6.46. The SMILES string of the molecule is CC(C)(NC(=O)[C@@](C)(Cc1ccccc1)N1C(=O)O[C@H](c2ccccc2)[C@@H]1c1ccccc1)C(=O)OCc1ccccc1. The minimum Gasteiger partial charge on any atom is -0.459 e. The average molecular weight is 577 g/mol. The first kappa shape index (κ1) is 29.6. The van der Waals surface area contributed by atoms with Gasteiger partial charge in [-0.15, -0.1) is 0 Å². The molecule has 2 amide bonds. The van der Waals surface area contributed by atoms with E-state index in [1.165, 1.54) is 4.90 Å². The topological polar surface area (TPSA) is 84.9 Å². The van der Waals surface area contributed by atoms with E-state index in [0.29, 0.717) is 0 Å². The van der Waals surface area contributed by atoms with Crippen molar-refractivity contribution in [3.63, 3.8) is 0 Å². The van der Waals surface area contributed by atoms with Crippen LogP contribution in [-0.2, 0) is 32.1 Å². The van der Waals surface area contributed by atoms with E-state index in [2.05, 4.69) is 5.32 Å². The van der Waals surface area contributed by atoms with E-state index < -0.39 is 41.2 Å². The zero-order valence-electron chi connectivity index (χ0n) is 24.6. The summed E-state index contributed by atoms with van der Waals surface area (Å²) in [6, 6.07) is 37.3. The third-order valence-corrected chi connectivity index (χ3v) is 7.82. The second-order valence-corrected chi connectivity index (χ2v) is 11.5. The predicted octanol–water partition coefficient (Wildman–Crippen LogP) is 6.56. The Morgan fingerprint density at radius 3 is 1.79 bits per heavy atom. The fourth-order valence-electron chi connectivity index (χ4n) is 5.50. The maximum atomic E-state index is 14.4. The number of nitrogens with zero attached hydrogens (tertiary/aromatic N) is 1. The molecule has 1 N–H and O–H groups in total. The number of carbonyl (C=O) groups is 3. The van der Waals surface area contributed by atoms with Gasteiger partial charge in [-0.3, -0.25) is 9.69 Å². The highest BCUT2D eigenvalue weighted by Gasteiger charge is 2.55. The maximum absolute atomic E-state index is 14.4. The normalized spacial score (nSPS) is 17.9. The van der Waals surface area contributed by atoms with E-state index in [9.17, 15) is 14.4 Å². The fourth-order valence-corrected chi connectivity index (χ4v) is 5.50. The summed E-state index contributed by atoms with van der Waals surface area (Å²) >= 11 is 0. The number of cyclic esters (lactones) is 1. The van der Waals surface area contributed by atoms with Crippen LogP contribution in [0.3, 0.4) is 0 Å². The lowest BCUT2D eigenvalue weighted by Crippen LogP contribution is -2.64. The molecule has 7 nitrogen and oxygen atoms in total. The summed E-state index contributed by atoms with van der Waals surface area (Å²) in [5.74, 6) is -1.08. The molecule has 0 spiro atoms. The van der Waals surface area contributed by atoms with E-state index >= 15 is 0 Å². The van der Waals surface area contributed by atoms with Crippen LogP contribution in [0, 0.1) is 0 Å². The molecule has 0 radical (unpaired) electrons. The molecule has 0 saturated carbocycles. The first-order valence-electron chi connectivity index (χ1n) is 14.4. The molecule has 4 aromatic carbocycles. The quantitative estimate of drug-likeness (QED) is 0.216. The molecule has 0 bridgehead atoms. The van der Waals surface area contributed by atoms with Crippen LogP contribution in [0.5, 0.6) is 0 Å². The summed E-state index contributed by atoms with van der Waals surface area (Å²) < 4.78 is 11.6. The van der Waals surface area contributed by atoms with E-state index in [0.717, 1.165) is 22.3 Å². The monoisotopic (exact) mass is 576 g/mol. The van der Waals surface area contributed by atoms with E-state index in [1.807, 2.05) is 121 Å². The van der Waals surface area contributed by atoms with Crippen molar-refractivity contribution in [1.82, 2.24) is 10.2 Å². The molecule has 1 aliphatic heterocycles. The van der Waals surface area contributed by atoms with Crippen LogP contribution in [0.2, 0.25) is 0 Å². The lowest BCUT2D eigenvalue weighted by molar-refractivity contribution is -0.155. The van der Waals surface area contributed by atoms with Gasteiger partial charge >= 0.3 is 12.1 Å². The standard InChI is InChI=1S/C36H36N2O5/c1-35(2,33(40)42-25-27-18-10-5-11-19-27)37-32(39)36(3,24-26-16-8-4-9-17-26)38-30(28-20-12-6-13-21-28)31(43-34(38)41)29-22-14-7-15-23-29/h4-23,30-31H,24-25H2,1-3H3,(H,37,39)/t30-,31+,36+/m0/s1. The zero-order valence-corrected chi connectivity index (χ0v) is 24.6. The summed E-state index contributed by atoms with van der Waals surface area (Å²) in [5.41, 5.74) is 0.514. The van der Waals surface area contributed by atoms with Crippen molar-refractivity contribution >= 4 is 18.0 Å². The molecule has 1 aliphatic rings. The summed E-state index contributed by atoms with van der Waals surface area (Å²) in [5, 5.41) is 2.91. The molecule has 0 aliphatic carbocycles. The van der Waals surface area contributed by atoms with Gasteiger partial charge in [0.2, 0.25) is 5.91 Å². The first-order valence-corrected chi connectivity index (χ1v) is 14.4. The van der Waals surface area contributed by atoms with Gasteiger partial charge in [0, 0.05) is 6.42 Å². The lowest BCUT2D eigenvalue weighted by Gasteiger charge is -2.41. The zero-order chi connectivity index (χ0) is 30.5. The van der Waals surface area contributed by atoms with Gasteiger partial charge in [0.25, 0.3) is 0 Å². The Bertz CT molecular complexity index is 1540. The van der Waals surface area contributed by atoms with Crippen LogP contribution in [-0.4, -0.2) is 33.9 Å². The van der Waals surface area contributed by atoms with Crippen LogP contribution in [0.15, 0.2) is 121 Å². The Morgan fingerprint density at radius 2 is 1.23 bits per heavy atom. The summed E-state index contributed by atoms with van der Waals surface area (Å²) in [6.07, 6.45) is -1.07. The number of rotatable bonds is 10. The molecule has 0 unspecified atom stereocenters. The third-order valence-electron chi connectivity index (χ3n) is 7.82. The van der Waals surface area contributed by atoms with Gasteiger partial charge < -0.3 is 14.8 Å². The summed E-state index contributed by atoms with van der Waals surface area (Å²) in [6.45, 7) is 5.01. The number of hydrogen-bond donors (Lipinski definition) is 1. The minimum absolute atomic E-state index is 0.0769. The van der Waals surface area contributed by atoms with Crippen molar-refractivity contribution in [3.05, 3.63) is 144 Å². The van der Waals surface area contributed by atoms with Crippen molar-refractivity contribution in [2.75, 3.05) is 0 Å². The summed E-state index contributed by atoms with van der Waals surface area (Å²) in [7, 11) is 0. The highest BCUT2D eigenvalue weighted by atomic mass is 16.6. The lowest BCUT2D eigenvalue weighted by atomic mass is 9.85. The van der Waals surface area contributed by atoms with Crippen molar-refractivity contribution in [3.8, 4) is 0 Å². The molecular formula is C36H36N2O5. The van der Waals surface area contributed by atoms with Crippen LogP contribution in [0.4, 0.5) is 4.79 Å². The van der Waals surface area contributed by atoms with Crippen LogP contribution < -0.4 is 5.32 Å².